The third-order valence-corrected chi connectivity index (χ3v) is 4.83. The molecule has 1 atom stereocenters. The van der Waals surface area contributed by atoms with Gasteiger partial charge in [0.1, 0.15) is 12.4 Å². The van der Waals surface area contributed by atoms with Gasteiger partial charge in [-0.3, -0.25) is 4.79 Å². The van der Waals surface area contributed by atoms with Gasteiger partial charge >= 0.3 is 5.97 Å². The number of sulfone groups is 1. The van der Waals surface area contributed by atoms with Crippen molar-refractivity contribution >= 4 is 31.7 Å². The summed E-state index contributed by atoms with van der Waals surface area (Å²) in [6, 6.07) is 6.97. The topological polar surface area (TPSA) is 80.7 Å². The minimum Gasteiger partial charge on any atom is -0.492 e. The van der Waals surface area contributed by atoms with Gasteiger partial charge in [0, 0.05) is 4.47 Å². The molecule has 0 aliphatic heterocycles. The van der Waals surface area contributed by atoms with Crippen LogP contribution in [0.2, 0.25) is 0 Å². The predicted octanol–water partition coefficient (Wildman–Crippen LogP) is 1.72. The largest absolute Gasteiger partial charge is 0.492 e. The molecule has 5 nitrogen and oxygen atoms in total. The summed E-state index contributed by atoms with van der Waals surface area (Å²) in [5, 5.41) is 7.23. The number of carboxylic acids is 1. The lowest BCUT2D eigenvalue weighted by atomic mass is 10.3. The number of benzene rings is 1. The number of aliphatic carboxylic acids is 1. The highest BCUT2D eigenvalue weighted by molar-refractivity contribution is 9.10. The van der Waals surface area contributed by atoms with E-state index >= 15 is 0 Å². The summed E-state index contributed by atoms with van der Waals surface area (Å²) < 4.78 is 29.2. The number of hydrogen-bond donors (Lipinski definition) is 1. The molecule has 0 saturated carbocycles. The van der Waals surface area contributed by atoms with E-state index in [-0.39, 0.29) is 12.4 Å². The zero-order valence-corrected chi connectivity index (χ0v) is 12.1. The molecule has 0 aromatic heterocycles. The Kier molecular flexibility index (Phi) is 5.15. The summed E-state index contributed by atoms with van der Waals surface area (Å²) in [5.41, 5.74) is 0. The fourth-order valence-electron chi connectivity index (χ4n) is 1.16. The van der Waals surface area contributed by atoms with E-state index in [1.165, 1.54) is 0 Å². The van der Waals surface area contributed by atoms with Gasteiger partial charge in [0.25, 0.3) is 0 Å². The fourth-order valence-corrected chi connectivity index (χ4v) is 2.52. The lowest BCUT2D eigenvalue weighted by Crippen LogP contribution is -2.31. The maximum absolute atomic E-state index is 11.6. The van der Waals surface area contributed by atoms with Crippen molar-refractivity contribution in [3.63, 3.8) is 0 Å². The van der Waals surface area contributed by atoms with E-state index in [2.05, 4.69) is 15.9 Å². The van der Waals surface area contributed by atoms with Crippen LogP contribution in [0.1, 0.15) is 6.92 Å². The van der Waals surface area contributed by atoms with Crippen LogP contribution in [0.25, 0.3) is 0 Å². The molecule has 18 heavy (non-hydrogen) atoms. The van der Waals surface area contributed by atoms with Crippen molar-refractivity contribution in [2.45, 2.75) is 12.2 Å². The molecule has 0 spiro atoms. The first-order valence-electron chi connectivity index (χ1n) is 5.15. The molecule has 7 heteroatoms. The van der Waals surface area contributed by atoms with Crippen molar-refractivity contribution in [3.8, 4) is 5.75 Å². The molecular weight excluding hydrogens is 324 g/mol. The second-order valence-electron chi connectivity index (χ2n) is 3.65. The van der Waals surface area contributed by atoms with E-state index in [1.54, 1.807) is 18.2 Å². The van der Waals surface area contributed by atoms with E-state index in [4.69, 9.17) is 9.84 Å². The van der Waals surface area contributed by atoms with Crippen LogP contribution in [-0.4, -0.2) is 37.1 Å². The molecule has 0 amide bonds. The smallest absolute Gasteiger partial charge is 0.321 e. The zero-order valence-electron chi connectivity index (χ0n) is 9.67. The number of ether oxygens (including phenoxy) is 1. The Morgan fingerprint density at radius 1 is 1.50 bits per heavy atom. The third kappa shape index (κ3) is 4.30. The highest BCUT2D eigenvalue weighted by atomic mass is 79.9. The minimum atomic E-state index is -3.68. The van der Waals surface area contributed by atoms with E-state index in [9.17, 15) is 13.2 Å². The van der Waals surface area contributed by atoms with Crippen LogP contribution in [0.15, 0.2) is 28.7 Å². The Morgan fingerprint density at radius 3 is 2.72 bits per heavy atom. The lowest BCUT2D eigenvalue weighted by molar-refractivity contribution is -0.136. The van der Waals surface area contributed by atoms with Crippen LogP contribution in [0.5, 0.6) is 5.75 Å². The van der Waals surface area contributed by atoms with Gasteiger partial charge in [0.15, 0.2) is 15.1 Å². The quantitative estimate of drug-likeness (QED) is 0.855. The fraction of sp³-hybridized carbons (Fsp3) is 0.364. The second-order valence-corrected chi connectivity index (χ2v) is 7.01. The predicted molar refractivity (Wildman–Crippen MR) is 70.5 cm³/mol. The Bertz CT molecular complexity index is 526. The van der Waals surface area contributed by atoms with Gasteiger partial charge in [-0.25, -0.2) is 8.42 Å². The summed E-state index contributed by atoms with van der Waals surface area (Å²) >= 11 is 3.26. The normalized spacial score (nSPS) is 13.0. The maximum Gasteiger partial charge on any atom is 0.321 e. The van der Waals surface area contributed by atoms with Crippen LogP contribution >= 0.6 is 15.9 Å². The lowest BCUT2D eigenvalue weighted by Gasteiger charge is -2.10. The first-order chi connectivity index (χ1) is 8.33. The molecule has 0 aliphatic carbocycles. The van der Waals surface area contributed by atoms with Crippen molar-refractivity contribution in [2.75, 3.05) is 12.4 Å². The number of carboxylic acid groups (broad SMARTS) is 1. The molecular formula is C11H13BrO5S. The van der Waals surface area contributed by atoms with E-state index in [1.807, 2.05) is 6.07 Å². The van der Waals surface area contributed by atoms with Gasteiger partial charge in [-0.1, -0.05) is 22.0 Å². The summed E-state index contributed by atoms with van der Waals surface area (Å²) in [6.07, 6.45) is 0. The summed E-state index contributed by atoms with van der Waals surface area (Å²) in [7, 11) is -3.68. The van der Waals surface area contributed by atoms with Gasteiger partial charge in [-0.2, -0.15) is 0 Å². The maximum atomic E-state index is 11.6. The SMILES string of the molecule is CC(C(=O)O)S(=O)(=O)CCOc1cccc(Br)c1. The Morgan fingerprint density at radius 2 is 2.17 bits per heavy atom. The highest BCUT2D eigenvalue weighted by Gasteiger charge is 2.27. The van der Waals surface area contributed by atoms with E-state index in [0.29, 0.717) is 5.75 Å². The van der Waals surface area contributed by atoms with Crippen molar-refractivity contribution in [1.82, 2.24) is 0 Å². The van der Waals surface area contributed by atoms with Gasteiger partial charge in [-0.15, -0.1) is 0 Å². The van der Waals surface area contributed by atoms with Crippen LogP contribution in [0, 0.1) is 0 Å². The van der Waals surface area contributed by atoms with Crippen LogP contribution in [0.4, 0.5) is 0 Å². The Hall–Kier alpha value is -1.08. The highest BCUT2D eigenvalue weighted by Crippen LogP contribution is 2.17. The molecule has 0 aliphatic rings. The number of rotatable bonds is 6. The van der Waals surface area contributed by atoms with Gasteiger partial charge in [0.05, 0.1) is 5.75 Å². The van der Waals surface area contributed by atoms with Crippen molar-refractivity contribution in [1.29, 1.82) is 0 Å². The number of hydrogen-bond acceptors (Lipinski definition) is 4. The van der Waals surface area contributed by atoms with E-state index in [0.717, 1.165) is 11.4 Å². The molecule has 1 aromatic rings. The summed E-state index contributed by atoms with van der Waals surface area (Å²) in [4.78, 5) is 10.6. The first-order valence-corrected chi connectivity index (χ1v) is 7.66. The number of carbonyl (C=O) groups is 1. The van der Waals surface area contributed by atoms with Gasteiger partial charge in [-0.05, 0) is 25.1 Å². The molecule has 0 radical (unpaired) electrons. The molecule has 1 aromatic carbocycles. The summed E-state index contributed by atoms with van der Waals surface area (Å²) in [5.74, 6) is -1.15. The number of halogens is 1. The molecule has 1 N–H and O–H groups in total. The van der Waals surface area contributed by atoms with Gasteiger partial charge < -0.3 is 9.84 Å². The first kappa shape index (κ1) is 15.0. The summed E-state index contributed by atoms with van der Waals surface area (Å²) in [6.45, 7) is 1.08. The third-order valence-electron chi connectivity index (χ3n) is 2.32. The van der Waals surface area contributed by atoms with Crippen molar-refractivity contribution in [2.24, 2.45) is 0 Å². The molecule has 0 bridgehead atoms. The molecule has 1 rings (SSSR count). The Labute approximate surface area is 114 Å². The molecule has 1 unspecified atom stereocenters. The van der Waals surface area contributed by atoms with Crippen molar-refractivity contribution in [3.05, 3.63) is 28.7 Å². The van der Waals surface area contributed by atoms with Gasteiger partial charge in [0.2, 0.25) is 0 Å². The van der Waals surface area contributed by atoms with Crippen LogP contribution in [0.3, 0.4) is 0 Å². The second kappa shape index (κ2) is 6.19. The average molecular weight is 337 g/mol. The zero-order chi connectivity index (χ0) is 13.8. The van der Waals surface area contributed by atoms with Crippen LogP contribution in [-0.2, 0) is 14.6 Å². The monoisotopic (exact) mass is 336 g/mol. The molecule has 100 valence electrons. The molecule has 0 fully saturated rings. The van der Waals surface area contributed by atoms with Crippen molar-refractivity contribution < 1.29 is 23.1 Å². The molecule has 0 heterocycles. The Balaban J connectivity index is 2.54. The van der Waals surface area contributed by atoms with Crippen LogP contribution < -0.4 is 4.74 Å². The van der Waals surface area contributed by atoms with E-state index < -0.39 is 21.1 Å². The molecule has 0 saturated heterocycles. The minimum absolute atomic E-state index is 0.0730. The average Bonchev–Trinajstić information content (AvgIpc) is 2.27. The standard InChI is InChI=1S/C11H13BrO5S/c1-8(11(13)14)18(15,16)6-5-17-10-4-2-3-9(12)7-10/h2-4,7-8H,5-6H2,1H3,(H,13,14).